The lowest BCUT2D eigenvalue weighted by atomic mass is 10.6. The van der Waals surface area contributed by atoms with Crippen molar-refractivity contribution >= 4 is 11.8 Å². The summed E-state index contributed by atoms with van der Waals surface area (Å²) in [5, 5.41) is 0. The SMILES string of the molecule is NC(=O)C(=O)N1CC1. The van der Waals surface area contributed by atoms with E-state index in [0.717, 1.165) is 0 Å². The second-order valence-corrected chi connectivity index (χ2v) is 1.66. The van der Waals surface area contributed by atoms with Gasteiger partial charge in [-0.25, -0.2) is 0 Å². The summed E-state index contributed by atoms with van der Waals surface area (Å²) in [6.45, 7) is 1.36. The Kier molecular flexibility index (Phi) is 0.932. The van der Waals surface area contributed by atoms with Crippen LogP contribution in [0.5, 0.6) is 0 Å². The van der Waals surface area contributed by atoms with Crippen LogP contribution in [-0.2, 0) is 9.59 Å². The molecule has 0 unspecified atom stereocenters. The van der Waals surface area contributed by atoms with Crippen molar-refractivity contribution in [2.45, 2.75) is 0 Å². The van der Waals surface area contributed by atoms with Crippen LogP contribution in [0.4, 0.5) is 0 Å². The Hall–Kier alpha value is -1.06. The van der Waals surface area contributed by atoms with Crippen LogP contribution in [0, 0.1) is 0 Å². The van der Waals surface area contributed by atoms with Gasteiger partial charge in [0.15, 0.2) is 0 Å². The molecular weight excluding hydrogens is 108 g/mol. The monoisotopic (exact) mass is 114 g/mol. The van der Waals surface area contributed by atoms with Crippen molar-refractivity contribution in [1.29, 1.82) is 0 Å². The molecule has 1 aliphatic heterocycles. The van der Waals surface area contributed by atoms with Gasteiger partial charge in [-0.15, -0.1) is 0 Å². The normalized spacial score (nSPS) is 15.8. The molecule has 0 saturated carbocycles. The maximum absolute atomic E-state index is 10.4. The van der Waals surface area contributed by atoms with Crippen molar-refractivity contribution in [2.24, 2.45) is 5.73 Å². The fourth-order valence-electron chi connectivity index (χ4n) is 0.409. The summed E-state index contributed by atoms with van der Waals surface area (Å²) in [5.41, 5.74) is 4.65. The first kappa shape index (κ1) is 5.08. The number of carbonyl (C=O) groups is 2. The van der Waals surface area contributed by atoms with Gasteiger partial charge in [-0.05, 0) is 0 Å². The standard InChI is InChI=1S/C4H6N2O2/c5-3(7)4(8)6-1-2-6/h1-2H2,(H2,5,7). The number of carbonyl (C=O) groups excluding carboxylic acids is 2. The number of primary amides is 1. The first-order valence-corrected chi connectivity index (χ1v) is 2.30. The van der Waals surface area contributed by atoms with Crippen LogP contribution in [0.15, 0.2) is 0 Å². The summed E-state index contributed by atoms with van der Waals surface area (Å²) in [6, 6.07) is 0. The molecule has 2 N–H and O–H groups in total. The average Bonchev–Trinajstić information content (AvgIpc) is 2.43. The largest absolute Gasteiger partial charge is 0.361 e. The maximum atomic E-state index is 10.4. The molecule has 1 rings (SSSR count). The third-order valence-corrected chi connectivity index (χ3v) is 0.945. The quantitative estimate of drug-likeness (QED) is 0.302. The Morgan fingerprint density at radius 1 is 1.38 bits per heavy atom. The fourth-order valence-corrected chi connectivity index (χ4v) is 0.409. The molecule has 1 aliphatic rings. The van der Waals surface area contributed by atoms with Gasteiger partial charge in [-0.2, -0.15) is 0 Å². The molecule has 0 atom stereocenters. The summed E-state index contributed by atoms with van der Waals surface area (Å²) in [5.74, 6) is -1.42. The Labute approximate surface area is 46.3 Å². The van der Waals surface area contributed by atoms with E-state index >= 15 is 0 Å². The topological polar surface area (TPSA) is 63.2 Å². The van der Waals surface area contributed by atoms with Crippen LogP contribution >= 0.6 is 0 Å². The van der Waals surface area contributed by atoms with Gasteiger partial charge in [0.05, 0.1) is 0 Å². The van der Waals surface area contributed by atoms with E-state index in [9.17, 15) is 9.59 Å². The van der Waals surface area contributed by atoms with Gasteiger partial charge < -0.3 is 10.6 Å². The highest BCUT2D eigenvalue weighted by Gasteiger charge is 2.27. The van der Waals surface area contributed by atoms with E-state index in [1.165, 1.54) is 4.90 Å². The van der Waals surface area contributed by atoms with Gasteiger partial charge in [0, 0.05) is 13.1 Å². The van der Waals surface area contributed by atoms with E-state index in [4.69, 9.17) is 0 Å². The third-order valence-electron chi connectivity index (χ3n) is 0.945. The molecule has 8 heavy (non-hydrogen) atoms. The second kappa shape index (κ2) is 1.47. The van der Waals surface area contributed by atoms with Crippen LogP contribution < -0.4 is 5.73 Å². The lowest BCUT2D eigenvalue weighted by Crippen LogP contribution is -2.29. The molecule has 1 fully saturated rings. The van der Waals surface area contributed by atoms with E-state index in [2.05, 4.69) is 5.73 Å². The molecule has 0 spiro atoms. The molecule has 0 aromatic carbocycles. The fraction of sp³-hybridized carbons (Fsp3) is 0.500. The van der Waals surface area contributed by atoms with Gasteiger partial charge in [-0.3, -0.25) is 9.59 Å². The second-order valence-electron chi connectivity index (χ2n) is 1.66. The zero-order valence-corrected chi connectivity index (χ0v) is 4.26. The van der Waals surface area contributed by atoms with Gasteiger partial charge >= 0.3 is 11.8 Å². The van der Waals surface area contributed by atoms with Crippen LogP contribution in [0.3, 0.4) is 0 Å². The van der Waals surface area contributed by atoms with Crippen LogP contribution in [-0.4, -0.2) is 29.8 Å². The van der Waals surface area contributed by atoms with E-state index in [1.54, 1.807) is 0 Å². The van der Waals surface area contributed by atoms with Crippen LogP contribution in [0.1, 0.15) is 0 Å². The molecule has 0 aromatic heterocycles. The minimum Gasteiger partial charge on any atom is -0.361 e. The Morgan fingerprint density at radius 2 is 1.88 bits per heavy atom. The van der Waals surface area contributed by atoms with Crippen LogP contribution in [0.25, 0.3) is 0 Å². The first-order valence-electron chi connectivity index (χ1n) is 2.30. The van der Waals surface area contributed by atoms with Gasteiger partial charge in [0.2, 0.25) is 0 Å². The molecule has 44 valence electrons. The summed E-state index contributed by atoms with van der Waals surface area (Å²) in [4.78, 5) is 21.7. The third kappa shape index (κ3) is 0.776. The number of nitrogens with two attached hydrogens (primary N) is 1. The van der Waals surface area contributed by atoms with Crippen molar-refractivity contribution in [1.82, 2.24) is 4.90 Å². The molecule has 4 nitrogen and oxygen atoms in total. The van der Waals surface area contributed by atoms with Crippen molar-refractivity contribution in [3.8, 4) is 0 Å². The zero-order valence-electron chi connectivity index (χ0n) is 4.26. The number of hydrogen-bond donors (Lipinski definition) is 1. The highest BCUT2D eigenvalue weighted by molar-refractivity contribution is 6.34. The van der Waals surface area contributed by atoms with Gasteiger partial charge in [0.1, 0.15) is 0 Å². The van der Waals surface area contributed by atoms with E-state index in [-0.39, 0.29) is 0 Å². The predicted octanol–water partition coefficient (Wildman–Crippen LogP) is -1.69. The molecule has 4 heteroatoms. The molecule has 0 radical (unpaired) electrons. The summed E-state index contributed by atoms with van der Waals surface area (Å²) >= 11 is 0. The minimum atomic E-state index is -0.859. The number of hydrogen-bond acceptors (Lipinski definition) is 2. The Bertz CT molecular complexity index is 139. The predicted molar refractivity (Wildman–Crippen MR) is 25.8 cm³/mol. The van der Waals surface area contributed by atoms with Gasteiger partial charge in [0.25, 0.3) is 0 Å². The summed E-state index contributed by atoms with van der Waals surface area (Å²) < 4.78 is 0. The Balaban J connectivity index is 2.45. The Morgan fingerprint density at radius 3 is 2.00 bits per heavy atom. The first-order chi connectivity index (χ1) is 3.72. The summed E-state index contributed by atoms with van der Waals surface area (Å²) in [6.07, 6.45) is 0. The molecule has 0 bridgehead atoms. The lowest BCUT2D eigenvalue weighted by Gasteiger charge is -1.90. The van der Waals surface area contributed by atoms with E-state index < -0.39 is 11.8 Å². The number of rotatable bonds is 0. The van der Waals surface area contributed by atoms with Crippen molar-refractivity contribution < 1.29 is 9.59 Å². The van der Waals surface area contributed by atoms with Crippen molar-refractivity contribution in [3.63, 3.8) is 0 Å². The minimum absolute atomic E-state index is 0.565. The van der Waals surface area contributed by atoms with E-state index in [0.29, 0.717) is 13.1 Å². The molecule has 1 saturated heterocycles. The van der Waals surface area contributed by atoms with E-state index in [1.807, 2.05) is 0 Å². The molecule has 0 aliphatic carbocycles. The highest BCUT2D eigenvalue weighted by Crippen LogP contribution is 2.01. The molecule has 0 aromatic rings. The average molecular weight is 114 g/mol. The molecule has 1 heterocycles. The van der Waals surface area contributed by atoms with Crippen molar-refractivity contribution in [2.75, 3.05) is 13.1 Å². The molecular formula is C4H6N2O2. The summed E-state index contributed by atoms with van der Waals surface area (Å²) in [7, 11) is 0. The van der Waals surface area contributed by atoms with Gasteiger partial charge in [-0.1, -0.05) is 0 Å². The lowest BCUT2D eigenvalue weighted by molar-refractivity contribution is -0.140. The maximum Gasteiger partial charge on any atom is 0.311 e. The smallest absolute Gasteiger partial charge is 0.311 e. The van der Waals surface area contributed by atoms with Crippen LogP contribution in [0.2, 0.25) is 0 Å². The number of amides is 2. The number of nitrogens with zero attached hydrogens (tertiary/aromatic N) is 1. The molecule has 2 amide bonds. The highest BCUT2D eigenvalue weighted by atomic mass is 16.2. The van der Waals surface area contributed by atoms with Crippen molar-refractivity contribution in [3.05, 3.63) is 0 Å². The zero-order chi connectivity index (χ0) is 6.15.